The van der Waals surface area contributed by atoms with E-state index < -0.39 is 0 Å². The summed E-state index contributed by atoms with van der Waals surface area (Å²) < 4.78 is 1.99. The van der Waals surface area contributed by atoms with Crippen molar-refractivity contribution in [3.8, 4) is 0 Å². The van der Waals surface area contributed by atoms with Gasteiger partial charge in [-0.1, -0.05) is 12.1 Å². The van der Waals surface area contributed by atoms with E-state index in [9.17, 15) is 4.79 Å². The number of nitrogens with one attached hydrogen (secondary N) is 1. The summed E-state index contributed by atoms with van der Waals surface area (Å²) in [7, 11) is 0. The number of aromatic nitrogens is 2. The van der Waals surface area contributed by atoms with Crippen LogP contribution in [0.15, 0.2) is 43.0 Å². The average Bonchev–Trinajstić information content (AvgIpc) is 2.88. The molecule has 0 unspecified atom stereocenters. The van der Waals surface area contributed by atoms with E-state index in [1.165, 1.54) is 0 Å². The van der Waals surface area contributed by atoms with Crippen molar-refractivity contribution in [2.45, 2.75) is 13.0 Å². The van der Waals surface area contributed by atoms with Gasteiger partial charge in [0.05, 0.1) is 6.33 Å². The van der Waals surface area contributed by atoms with E-state index in [1.54, 1.807) is 24.7 Å². The van der Waals surface area contributed by atoms with E-state index in [-0.39, 0.29) is 5.91 Å². The van der Waals surface area contributed by atoms with Gasteiger partial charge in [0.15, 0.2) is 0 Å². The Hall–Kier alpha value is -2.10. The highest BCUT2D eigenvalue weighted by Crippen LogP contribution is 2.02. The van der Waals surface area contributed by atoms with E-state index in [2.05, 4.69) is 17.2 Å². The number of hydrogen-bond acceptors (Lipinski definition) is 2. The van der Waals surface area contributed by atoms with E-state index in [1.807, 2.05) is 22.9 Å². The standard InChI is InChI=1S/C14H16N3O/c1-12-3-5-13(6-4-12)14(18)16-7-2-9-17-10-8-15-11-17/h3-6,8,10-11H,1-2,7,9H2,(H,16,18). The van der Waals surface area contributed by atoms with E-state index in [0.29, 0.717) is 12.1 Å². The molecule has 93 valence electrons. The summed E-state index contributed by atoms with van der Waals surface area (Å²) >= 11 is 0. The van der Waals surface area contributed by atoms with E-state index >= 15 is 0 Å². The molecule has 2 rings (SSSR count). The van der Waals surface area contributed by atoms with E-state index in [4.69, 9.17) is 0 Å². The zero-order valence-electron chi connectivity index (χ0n) is 10.2. The summed E-state index contributed by atoms with van der Waals surface area (Å²) in [5.74, 6) is -0.0411. The van der Waals surface area contributed by atoms with E-state index in [0.717, 1.165) is 18.5 Å². The molecule has 0 aliphatic heterocycles. The van der Waals surface area contributed by atoms with Crippen molar-refractivity contribution in [2.24, 2.45) is 0 Å². The smallest absolute Gasteiger partial charge is 0.251 e. The largest absolute Gasteiger partial charge is 0.352 e. The maximum absolute atomic E-state index is 11.8. The summed E-state index contributed by atoms with van der Waals surface area (Å²) in [4.78, 5) is 15.7. The Morgan fingerprint density at radius 3 is 2.78 bits per heavy atom. The third-order valence-electron chi connectivity index (χ3n) is 2.65. The predicted octanol–water partition coefficient (Wildman–Crippen LogP) is 1.89. The Kier molecular flexibility index (Phi) is 4.12. The summed E-state index contributed by atoms with van der Waals surface area (Å²) in [6, 6.07) is 7.24. The van der Waals surface area contributed by atoms with Crippen molar-refractivity contribution in [3.05, 3.63) is 61.0 Å². The Morgan fingerprint density at radius 1 is 1.33 bits per heavy atom. The lowest BCUT2D eigenvalue weighted by atomic mass is 10.1. The lowest BCUT2D eigenvalue weighted by Gasteiger charge is -2.06. The molecular weight excluding hydrogens is 226 g/mol. The van der Waals surface area contributed by atoms with Crippen molar-refractivity contribution in [2.75, 3.05) is 6.54 Å². The van der Waals surface area contributed by atoms with Crippen molar-refractivity contribution in [1.82, 2.24) is 14.9 Å². The summed E-state index contributed by atoms with van der Waals surface area (Å²) in [6.07, 6.45) is 6.32. The molecule has 1 aromatic carbocycles. The van der Waals surface area contributed by atoms with Crippen LogP contribution in [-0.2, 0) is 6.54 Å². The molecule has 0 bridgehead atoms. The normalized spacial score (nSPS) is 10.3. The van der Waals surface area contributed by atoms with Gasteiger partial charge in [0, 0.05) is 31.0 Å². The Balaban J connectivity index is 1.73. The second-order valence-electron chi connectivity index (χ2n) is 4.11. The molecular formula is C14H16N3O. The first-order valence-corrected chi connectivity index (χ1v) is 5.91. The molecule has 0 aliphatic rings. The van der Waals surface area contributed by atoms with Gasteiger partial charge in [-0.3, -0.25) is 4.79 Å². The number of aryl methyl sites for hydroxylation is 1. The third kappa shape index (κ3) is 3.45. The second kappa shape index (κ2) is 6.00. The molecule has 0 saturated heterocycles. The van der Waals surface area contributed by atoms with Gasteiger partial charge in [-0.05, 0) is 31.0 Å². The highest BCUT2D eigenvalue weighted by molar-refractivity contribution is 5.94. The molecule has 1 N–H and O–H groups in total. The predicted molar refractivity (Wildman–Crippen MR) is 70.1 cm³/mol. The first kappa shape index (κ1) is 12.4. The molecule has 1 amide bonds. The summed E-state index contributed by atoms with van der Waals surface area (Å²) in [5, 5.41) is 2.89. The fourth-order valence-corrected chi connectivity index (χ4v) is 1.64. The average molecular weight is 242 g/mol. The van der Waals surface area contributed by atoms with Gasteiger partial charge < -0.3 is 9.88 Å². The van der Waals surface area contributed by atoms with Crippen LogP contribution in [0.1, 0.15) is 22.3 Å². The van der Waals surface area contributed by atoms with Gasteiger partial charge in [0.25, 0.3) is 5.91 Å². The van der Waals surface area contributed by atoms with Crippen LogP contribution in [0, 0.1) is 6.92 Å². The van der Waals surface area contributed by atoms with Crippen LogP contribution in [0.4, 0.5) is 0 Å². The maximum atomic E-state index is 11.8. The minimum atomic E-state index is -0.0411. The molecule has 0 fully saturated rings. The second-order valence-corrected chi connectivity index (χ2v) is 4.11. The number of benzene rings is 1. The summed E-state index contributed by atoms with van der Waals surface area (Å²) in [6.45, 7) is 5.30. The lowest BCUT2D eigenvalue weighted by Crippen LogP contribution is -2.25. The Bertz CT molecular complexity index is 488. The minimum absolute atomic E-state index is 0.0411. The molecule has 1 radical (unpaired) electrons. The molecule has 0 aliphatic carbocycles. The number of rotatable bonds is 5. The fraction of sp³-hybridized carbons (Fsp3) is 0.214. The molecule has 2 aromatic rings. The fourth-order valence-electron chi connectivity index (χ4n) is 1.64. The SMILES string of the molecule is [CH2]c1ccc(C(=O)NCCCn2ccnc2)cc1. The highest BCUT2D eigenvalue weighted by Gasteiger charge is 2.03. The number of carbonyl (C=O) groups is 1. The number of amides is 1. The lowest BCUT2D eigenvalue weighted by molar-refractivity contribution is 0.0952. The molecule has 4 nitrogen and oxygen atoms in total. The van der Waals surface area contributed by atoms with Crippen LogP contribution >= 0.6 is 0 Å². The van der Waals surface area contributed by atoms with Crippen LogP contribution < -0.4 is 5.32 Å². The Labute approximate surface area is 107 Å². The molecule has 1 heterocycles. The Morgan fingerprint density at radius 2 is 2.11 bits per heavy atom. The van der Waals surface area contributed by atoms with Gasteiger partial charge >= 0.3 is 0 Å². The van der Waals surface area contributed by atoms with Gasteiger partial charge in [0.2, 0.25) is 0 Å². The zero-order chi connectivity index (χ0) is 12.8. The number of imidazole rings is 1. The molecule has 18 heavy (non-hydrogen) atoms. The van der Waals surface area contributed by atoms with Gasteiger partial charge in [-0.2, -0.15) is 0 Å². The number of carbonyl (C=O) groups excluding carboxylic acids is 1. The van der Waals surface area contributed by atoms with Crippen LogP contribution in [0.3, 0.4) is 0 Å². The maximum Gasteiger partial charge on any atom is 0.251 e. The molecule has 0 spiro atoms. The van der Waals surface area contributed by atoms with Crippen LogP contribution in [-0.4, -0.2) is 22.0 Å². The molecule has 0 saturated carbocycles. The van der Waals surface area contributed by atoms with Crippen molar-refractivity contribution in [3.63, 3.8) is 0 Å². The third-order valence-corrected chi connectivity index (χ3v) is 2.65. The van der Waals surface area contributed by atoms with Crippen LogP contribution in [0.2, 0.25) is 0 Å². The van der Waals surface area contributed by atoms with Gasteiger partial charge in [-0.25, -0.2) is 4.98 Å². The number of hydrogen-bond donors (Lipinski definition) is 1. The monoisotopic (exact) mass is 242 g/mol. The zero-order valence-corrected chi connectivity index (χ0v) is 10.2. The van der Waals surface area contributed by atoms with Crippen molar-refractivity contribution in [1.29, 1.82) is 0 Å². The van der Waals surface area contributed by atoms with Gasteiger partial charge in [-0.15, -0.1) is 0 Å². The molecule has 1 aromatic heterocycles. The summed E-state index contributed by atoms with van der Waals surface area (Å²) in [5.41, 5.74) is 1.58. The first-order chi connectivity index (χ1) is 8.75. The first-order valence-electron chi connectivity index (χ1n) is 5.91. The quantitative estimate of drug-likeness (QED) is 0.814. The topological polar surface area (TPSA) is 46.9 Å². The van der Waals surface area contributed by atoms with Crippen LogP contribution in [0.5, 0.6) is 0 Å². The molecule has 0 atom stereocenters. The van der Waals surface area contributed by atoms with Crippen molar-refractivity contribution >= 4 is 5.91 Å². The molecule has 4 heteroatoms. The number of nitrogens with zero attached hydrogens (tertiary/aromatic N) is 2. The van der Waals surface area contributed by atoms with Crippen LogP contribution in [0.25, 0.3) is 0 Å². The van der Waals surface area contributed by atoms with Gasteiger partial charge in [0.1, 0.15) is 0 Å². The van der Waals surface area contributed by atoms with Crippen molar-refractivity contribution < 1.29 is 4.79 Å². The highest BCUT2D eigenvalue weighted by atomic mass is 16.1. The minimum Gasteiger partial charge on any atom is -0.352 e.